The number of nitrogens with zero attached hydrogens (tertiary/aromatic N) is 4. The van der Waals surface area contributed by atoms with Crippen LogP contribution >= 0.6 is 0 Å². The lowest BCUT2D eigenvalue weighted by Gasteiger charge is -2.12. The Morgan fingerprint density at radius 3 is 2.62 bits per heavy atom. The summed E-state index contributed by atoms with van der Waals surface area (Å²) in [4.78, 5) is 3.97. The second-order valence-electron chi connectivity index (χ2n) is 4.79. The Balaban J connectivity index is 2.48. The Labute approximate surface area is 134 Å². The van der Waals surface area contributed by atoms with E-state index >= 15 is 0 Å². The van der Waals surface area contributed by atoms with E-state index in [1.165, 1.54) is 17.0 Å². The lowest BCUT2D eigenvalue weighted by molar-refractivity contribution is -0.137. The van der Waals surface area contributed by atoms with E-state index in [9.17, 15) is 13.2 Å². The molecule has 0 saturated heterocycles. The van der Waals surface area contributed by atoms with Crippen LogP contribution in [0.1, 0.15) is 11.3 Å². The first kappa shape index (κ1) is 17.0. The minimum absolute atomic E-state index is 0.0137. The molecule has 24 heavy (non-hydrogen) atoms. The van der Waals surface area contributed by atoms with Crippen LogP contribution in [0, 0.1) is 23.7 Å². The third-order valence-electron chi connectivity index (χ3n) is 2.91. The summed E-state index contributed by atoms with van der Waals surface area (Å²) in [6.07, 6.45) is -1.61. The molecule has 0 aliphatic rings. The Kier molecular flexibility index (Phi) is 4.54. The SMILES string of the molecule is Cc1cn(-c2cc(N/N=C(\C#N)C(=N)N)cc(C(F)(F)F)c2)cn1. The second kappa shape index (κ2) is 6.41. The van der Waals surface area contributed by atoms with Crippen molar-refractivity contribution >= 4 is 17.2 Å². The van der Waals surface area contributed by atoms with Crippen molar-refractivity contribution < 1.29 is 13.2 Å². The minimum atomic E-state index is -4.57. The molecule has 0 aliphatic heterocycles. The molecule has 124 valence electrons. The molecule has 1 heterocycles. The maximum atomic E-state index is 13.1. The number of anilines is 1. The number of hydrogen-bond acceptors (Lipinski definition) is 5. The highest BCUT2D eigenvalue weighted by Crippen LogP contribution is 2.33. The van der Waals surface area contributed by atoms with Gasteiger partial charge in [-0.1, -0.05) is 0 Å². The predicted molar refractivity (Wildman–Crippen MR) is 81.9 cm³/mol. The topological polar surface area (TPSA) is 116 Å². The highest BCUT2D eigenvalue weighted by atomic mass is 19.4. The Morgan fingerprint density at radius 1 is 1.42 bits per heavy atom. The standard InChI is InChI=1S/C14H12F3N7/c1-8-6-24(7-21-8)11-3-9(14(15,16)17)2-10(4-11)22-23-12(5-18)13(19)20/h2-4,6-7,22H,1H3,(H3,19,20)/b23-12+. The number of aromatic nitrogens is 2. The number of imidazole rings is 1. The number of rotatable bonds is 4. The average molecular weight is 335 g/mol. The molecule has 0 unspecified atom stereocenters. The van der Waals surface area contributed by atoms with Gasteiger partial charge in [0.1, 0.15) is 6.07 Å². The van der Waals surface area contributed by atoms with Gasteiger partial charge in [0.15, 0.2) is 5.84 Å². The number of alkyl halides is 3. The van der Waals surface area contributed by atoms with Crippen molar-refractivity contribution in [3.63, 3.8) is 0 Å². The molecule has 0 atom stereocenters. The number of benzene rings is 1. The highest BCUT2D eigenvalue weighted by molar-refractivity contribution is 6.45. The fourth-order valence-electron chi connectivity index (χ4n) is 1.82. The molecule has 0 fully saturated rings. The molecule has 4 N–H and O–H groups in total. The van der Waals surface area contributed by atoms with Gasteiger partial charge in [-0.15, -0.1) is 0 Å². The monoisotopic (exact) mass is 335 g/mol. The van der Waals surface area contributed by atoms with Gasteiger partial charge in [-0.05, 0) is 25.1 Å². The second-order valence-corrected chi connectivity index (χ2v) is 4.79. The van der Waals surface area contributed by atoms with Gasteiger partial charge in [0, 0.05) is 11.9 Å². The van der Waals surface area contributed by atoms with Gasteiger partial charge < -0.3 is 10.3 Å². The lowest BCUT2D eigenvalue weighted by Crippen LogP contribution is -2.22. The quantitative estimate of drug-likeness (QED) is 0.452. The van der Waals surface area contributed by atoms with Gasteiger partial charge in [0.05, 0.1) is 23.3 Å². The van der Waals surface area contributed by atoms with Crippen LogP contribution in [-0.2, 0) is 6.18 Å². The summed E-state index contributed by atoms with van der Waals surface area (Å²) in [6.45, 7) is 1.71. The molecular weight excluding hydrogens is 323 g/mol. The molecule has 7 nitrogen and oxygen atoms in total. The number of nitriles is 1. The molecule has 0 saturated carbocycles. The Morgan fingerprint density at radius 2 is 2.12 bits per heavy atom. The number of nitrogens with two attached hydrogens (primary N) is 1. The summed E-state index contributed by atoms with van der Waals surface area (Å²) >= 11 is 0. The zero-order valence-corrected chi connectivity index (χ0v) is 12.4. The van der Waals surface area contributed by atoms with Gasteiger partial charge in [-0.3, -0.25) is 10.8 Å². The number of hydrazone groups is 1. The van der Waals surface area contributed by atoms with E-state index < -0.39 is 23.3 Å². The van der Waals surface area contributed by atoms with Crippen molar-refractivity contribution in [3.8, 4) is 11.8 Å². The van der Waals surface area contributed by atoms with Gasteiger partial charge in [0.25, 0.3) is 0 Å². The van der Waals surface area contributed by atoms with Crippen molar-refractivity contribution in [1.29, 1.82) is 10.7 Å². The van der Waals surface area contributed by atoms with Crippen LogP contribution in [-0.4, -0.2) is 21.1 Å². The summed E-state index contributed by atoms with van der Waals surface area (Å²) in [6, 6.07) is 4.77. The maximum absolute atomic E-state index is 13.1. The van der Waals surface area contributed by atoms with Crippen LogP contribution in [0.15, 0.2) is 35.8 Å². The molecule has 0 amide bonds. The fourth-order valence-corrected chi connectivity index (χ4v) is 1.82. The molecule has 2 rings (SSSR count). The first-order valence-corrected chi connectivity index (χ1v) is 6.52. The normalized spacial score (nSPS) is 11.9. The zero-order chi connectivity index (χ0) is 17.9. The van der Waals surface area contributed by atoms with Gasteiger partial charge >= 0.3 is 6.18 Å². The van der Waals surface area contributed by atoms with E-state index in [4.69, 9.17) is 16.4 Å². The number of nitrogens with one attached hydrogen (secondary N) is 2. The third kappa shape index (κ3) is 3.89. The molecule has 0 aliphatic carbocycles. The van der Waals surface area contributed by atoms with Crippen molar-refractivity contribution in [3.05, 3.63) is 42.0 Å². The smallest absolute Gasteiger partial charge is 0.382 e. The number of aryl methyl sites for hydroxylation is 1. The van der Waals surface area contributed by atoms with Gasteiger partial charge in [0.2, 0.25) is 5.71 Å². The molecular formula is C14H12F3N7. The molecule has 2 aromatic rings. The number of amidine groups is 1. The van der Waals surface area contributed by atoms with Gasteiger partial charge in [-0.25, -0.2) is 4.98 Å². The van der Waals surface area contributed by atoms with Crippen molar-refractivity contribution in [2.75, 3.05) is 5.43 Å². The summed E-state index contributed by atoms with van der Waals surface area (Å²) in [5.41, 5.74) is 6.95. The average Bonchev–Trinajstić information content (AvgIpc) is 2.93. The lowest BCUT2D eigenvalue weighted by atomic mass is 10.1. The summed E-state index contributed by atoms with van der Waals surface area (Å²) in [5, 5.41) is 19.4. The Hall–Kier alpha value is -3.35. The van der Waals surface area contributed by atoms with E-state index in [2.05, 4.69) is 15.5 Å². The van der Waals surface area contributed by atoms with E-state index in [-0.39, 0.29) is 11.4 Å². The van der Waals surface area contributed by atoms with Crippen molar-refractivity contribution in [1.82, 2.24) is 9.55 Å². The van der Waals surface area contributed by atoms with E-state index in [1.807, 2.05) is 0 Å². The molecule has 0 spiro atoms. The summed E-state index contributed by atoms with van der Waals surface area (Å²) < 4.78 is 40.6. The van der Waals surface area contributed by atoms with Crippen LogP contribution in [0.25, 0.3) is 5.69 Å². The first-order valence-electron chi connectivity index (χ1n) is 6.52. The molecule has 0 bridgehead atoms. The first-order chi connectivity index (χ1) is 11.2. The van der Waals surface area contributed by atoms with E-state index in [0.717, 1.165) is 12.1 Å². The van der Waals surface area contributed by atoms with E-state index in [0.29, 0.717) is 5.69 Å². The minimum Gasteiger partial charge on any atom is -0.382 e. The van der Waals surface area contributed by atoms with E-state index in [1.54, 1.807) is 19.2 Å². The molecule has 10 heteroatoms. The van der Waals surface area contributed by atoms with Crippen LogP contribution in [0.3, 0.4) is 0 Å². The zero-order valence-electron chi connectivity index (χ0n) is 12.4. The van der Waals surface area contributed by atoms with Crippen molar-refractivity contribution in [2.45, 2.75) is 13.1 Å². The molecule has 0 radical (unpaired) electrons. The molecule has 1 aromatic heterocycles. The van der Waals surface area contributed by atoms with Crippen LogP contribution in [0.2, 0.25) is 0 Å². The summed E-state index contributed by atoms with van der Waals surface area (Å²) in [7, 11) is 0. The van der Waals surface area contributed by atoms with Crippen LogP contribution < -0.4 is 11.2 Å². The molecule has 1 aromatic carbocycles. The predicted octanol–water partition coefficient (Wildman–Crippen LogP) is 2.43. The van der Waals surface area contributed by atoms with Crippen LogP contribution in [0.5, 0.6) is 0 Å². The maximum Gasteiger partial charge on any atom is 0.416 e. The summed E-state index contributed by atoms with van der Waals surface area (Å²) in [5.74, 6) is -0.595. The van der Waals surface area contributed by atoms with Gasteiger partial charge in [-0.2, -0.15) is 23.5 Å². The third-order valence-corrected chi connectivity index (χ3v) is 2.91. The number of halogens is 3. The highest BCUT2D eigenvalue weighted by Gasteiger charge is 2.31. The Bertz CT molecular complexity index is 843. The number of hydrogen-bond donors (Lipinski definition) is 3. The fraction of sp³-hybridized carbons (Fsp3) is 0.143. The largest absolute Gasteiger partial charge is 0.416 e. The van der Waals surface area contributed by atoms with Crippen molar-refractivity contribution in [2.24, 2.45) is 10.8 Å². The van der Waals surface area contributed by atoms with Crippen LogP contribution in [0.4, 0.5) is 18.9 Å².